The van der Waals surface area contributed by atoms with Gasteiger partial charge < -0.3 is 5.32 Å². The lowest BCUT2D eigenvalue weighted by Crippen LogP contribution is -2.16. The van der Waals surface area contributed by atoms with Crippen LogP contribution in [0, 0.1) is 6.92 Å². The monoisotopic (exact) mass is 462 g/mol. The summed E-state index contributed by atoms with van der Waals surface area (Å²) in [6.45, 7) is 2.32. The first kappa shape index (κ1) is 23.2. The second kappa shape index (κ2) is 9.46. The first-order chi connectivity index (χ1) is 16.2. The van der Waals surface area contributed by atoms with Crippen molar-refractivity contribution < 1.29 is 13.6 Å². The summed E-state index contributed by atoms with van der Waals surface area (Å²) >= 11 is 0. The molecule has 34 heavy (non-hydrogen) atoms. The van der Waals surface area contributed by atoms with E-state index in [1.54, 1.807) is 23.3 Å². The summed E-state index contributed by atoms with van der Waals surface area (Å²) in [5.41, 5.74) is 3.89. The van der Waals surface area contributed by atoms with Crippen LogP contribution in [0.5, 0.6) is 0 Å². The molecule has 4 rings (SSSR count). The highest BCUT2D eigenvalue weighted by molar-refractivity contribution is 5.92. The van der Waals surface area contributed by atoms with Gasteiger partial charge in [-0.15, -0.1) is 0 Å². The molecule has 3 aromatic heterocycles. The summed E-state index contributed by atoms with van der Waals surface area (Å²) in [7, 11) is 1.86. The predicted octanol–water partition coefficient (Wildman–Crippen LogP) is 4.46. The number of alkyl halides is 2. The van der Waals surface area contributed by atoms with Crippen molar-refractivity contribution in [3.63, 3.8) is 0 Å². The fraction of sp³-hybridized carbons (Fsp3) is 0.240. The molecule has 0 fully saturated rings. The lowest BCUT2D eigenvalue weighted by molar-refractivity contribution is -0.115. The van der Waals surface area contributed by atoms with E-state index in [1.807, 2.05) is 37.5 Å². The predicted molar refractivity (Wildman–Crippen MR) is 124 cm³/mol. The zero-order chi connectivity index (χ0) is 24.3. The average Bonchev–Trinajstić information content (AvgIpc) is 3.20. The fourth-order valence-electron chi connectivity index (χ4n) is 3.59. The molecule has 0 radical (unpaired) electrons. The Hall–Kier alpha value is -4.01. The number of aryl methyl sites for hydroxylation is 2. The summed E-state index contributed by atoms with van der Waals surface area (Å²) < 4.78 is 29.2. The Morgan fingerprint density at radius 3 is 2.32 bits per heavy atom. The molecule has 0 saturated heterocycles. The lowest BCUT2D eigenvalue weighted by atomic mass is 10.0. The van der Waals surface area contributed by atoms with Crippen molar-refractivity contribution in [2.75, 3.05) is 5.32 Å². The van der Waals surface area contributed by atoms with Crippen molar-refractivity contribution in [2.45, 2.75) is 32.6 Å². The van der Waals surface area contributed by atoms with E-state index in [-0.39, 0.29) is 29.3 Å². The van der Waals surface area contributed by atoms with Gasteiger partial charge in [0.25, 0.3) is 5.92 Å². The van der Waals surface area contributed by atoms with E-state index in [0.717, 1.165) is 29.2 Å². The topological polar surface area (TPSA) is 85.6 Å². The number of benzene rings is 1. The molecule has 7 nitrogen and oxygen atoms in total. The molecule has 0 spiro atoms. The summed E-state index contributed by atoms with van der Waals surface area (Å²) in [4.78, 5) is 25.3. The number of pyridine rings is 1. The van der Waals surface area contributed by atoms with Gasteiger partial charge in [-0.1, -0.05) is 24.3 Å². The number of amides is 1. The molecule has 0 atom stereocenters. The van der Waals surface area contributed by atoms with Gasteiger partial charge in [0, 0.05) is 55.8 Å². The smallest absolute Gasteiger partial charge is 0.272 e. The maximum absolute atomic E-state index is 13.7. The molecule has 1 N–H and O–H groups in total. The average molecular weight is 463 g/mol. The van der Waals surface area contributed by atoms with Crippen LogP contribution >= 0.6 is 0 Å². The summed E-state index contributed by atoms with van der Waals surface area (Å²) in [6, 6.07) is 8.74. The summed E-state index contributed by atoms with van der Waals surface area (Å²) in [5.74, 6) is -2.64. The Balaban J connectivity index is 1.37. The van der Waals surface area contributed by atoms with Gasteiger partial charge in [-0.2, -0.15) is 5.10 Å². The van der Waals surface area contributed by atoms with Crippen molar-refractivity contribution in [1.29, 1.82) is 0 Å². The van der Waals surface area contributed by atoms with Crippen LogP contribution in [0.1, 0.15) is 35.1 Å². The van der Waals surface area contributed by atoms with E-state index in [0.29, 0.717) is 12.2 Å². The number of nitrogens with zero attached hydrogens (tertiary/aromatic N) is 5. The van der Waals surface area contributed by atoms with Crippen LogP contribution in [-0.4, -0.2) is 30.6 Å². The highest BCUT2D eigenvalue weighted by Gasteiger charge is 2.27. The molecule has 0 unspecified atom stereocenters. The standard InChI is InChI=1S/C25H24F2N6O/c1-16-22(25(2,26)27)10-21(14-28-16)32-24(34)9-17-4-6-19(7-5-17)20-12-29-23(30-13-20)8-18-11-31-33(3)15-18/h4-7,10-15H,8-9H2,1-3H3,(H,32,34). The number of nitrogens with one attached hydrogen (secondary N) is 1. The molecule has 0 aliphatic rings. The third-order valence-corrected chi connectivity index (χ3v) is 5.32. The number of anilines is 1. The van der Waals surface area contributed by atoms with Gasteiger partial charge in [0.15, 0.2) is 0 Å². The molecule has 9 heteroatoms. The number of hydrogen-bond donors (Lipinski definition) is 1. The highest BCUT2D eigenvalue weighted by Crippen LogP contribution is 2.30. The minimum atomic E-state index is -3.03. The highest BCUT2D eigenvalue weighted by atomic mass is 19.3. The normalized spacial score (nSPS) is 11.4. The van der Waals surface area contributed by atoms with E-state index in [9.17, 15) is 13.6 Å². The zero-order valence-electron chi connectivity index (χ0n) is 19.1. The summed E-state index contributed by atoms with van der Waals surface area (Å²) in [5, 5.41) is 6.79. The maximum atomic E-state index is 13.7. The van der Waals surface area contributed by atoms with E-state index < -0.39 is 5.92 Å². The van der Waals surface area contributed by atoms with Gasteiger partial charge in [0.1, 0.15) is 5.82 Å². The Bertz CT molecular complexity index is 1290. The number of carbonyl (C=O) groups excluding carboxylic acids is 1. The molecule has 0 aliphatic heterocycles. The van der Waals surface area contributed by atoms with Crippen LogP contribution < -0.4 is 5.32 Å². The number of rotatable bonds is 7. The van der Waals surface area contributed by atoms with Crippen LogP contribution in [0.3, 0.4) is 0 Å². The van der Waals surface area contributed by atoms with Crippen molar-refractivity contribution in [3.05, 3.63) is 89.5 Å². The van der Waals surface area contributed by atoms with Gasteiger partial charge >= 0.3 is 0 Å². The van der Waals surface area contributed by atoms with Gasteiger partial charge in [-0.25, -0.2) is 18.7 Å². The van der Waals surface area contributed by atoms with Crippen molar-refractivity contribution in [2.24, 2.45) is 7.05 Å². The molecular weight excluding hydrogens is 438 g/mol. The molecular formula is C25H24F2N6O. The van der Waals surface area contributed by atoms with E-state index >= 15 is 0 Å². The molecule has 0 bridgehead atoms. The van der Waals surface area contributed by atoms with Gasteiger partial charge in [-0.05, 0) is 29.7 Å². The van der Waals surface area contributed by atoms with E-state index in [1.165, 1.54) is 19.2 Å². The molecule has 4 aromatic rings. The number of carbonyl (C=O) groups is 1. The maximum Gasteiger partial charge on any atom is 0.272 e. The van der Waals surface area contributed by atoms with Crippen LogP contribution in [0.4, 0.5) is 14.5 Å². The molecule has 0 saturated carbocycles. The van der Waals surface area contributed by atoms with Crippen LogP contribution in [0.2, 0.25) is 0 Å². The first-order valence-corrected chi connectivity index (χ1v) is 10.7. The molecule has 0 aliphatic carbocycles. The van der Waals surface area contributed by atoms with Crippen LogP contribution in [-0.2, 0) is 30.6 Å². The Morgan fingerprint density at radius 2 is 1.71 bits per heavy atom. The Labute approximate surface area is 195 Å². The summed E-state index contributed by atoms with van der Waals surface area (Å²) in [6.07, 6.45) is 9.35. The molecule has 174 valence electrons. The third kappa shape index (κ3) is 5.67. The lowest BCUT2D eigenvalue weighted by Gasteiger charge is -2.15. The first-order valence-electron chi connectivity index (χ1n) is 10.7. The second-order valence-electron chi connectivity index (χ2n) is 8.25. The molecule has 1 amide bonds. The van der Waals surface area contributed by atoms with Gasteiger partial charge in [-0.3, -0.25) is 14.5 Å². The van der Waals surface area contributed by atoms with Crippen molar-refractivity contribution in [3.8, 4) is 11.1 Å². The van der Waals surface area contributed by atoms with E-state index in [2.05, 4.69) is 25.4 Å². The number of halogens is 2. The zero-order valence-corrected chi connectivity index (χ0v) is 19.1. The van der Waals surface area contributed by atoms with Gasteiger partial charge in [0.2, 0.25) is 5.91 Å². The third-order valence-electron chi connectivity index (χ3n) is 5.32. The quantitative estimate of drug-likeness (QED) is 0.438. The Kier molecular flexibility index (Phi) is 6.45. The fourth-order valence-corrected chi connectivity index (χ4v) is 3.59. The van der Waals surface area contributed by atoms with Crippen LogP contribution in [0.25, 0.3) is 11.1 Å². The van der Waals surface area contributed by atoms with Gasteiger partial charge in [0.05, 0.1) is 24.5 Å². The minimum Gasteiger partial charge on any atom is -0.324 e. The number of aromatic nitrogens is 5. The van der Waals surface area contributed by atoms with E-state index in [4.69, 9.17) is 0 Å². The molecule has 1 aromatic carbocycles. The minimum absolute atomic E-state index is 0.104. The van der Waals surface area contributed by atoms with Crippen molar-refractivity contribution >= 4 is 11.6 Å². The largest absolute Gasteiger partial charge is 0.324 e. The second-order valence-corrected chi connectivity index (χ2v) is 8.25. The Morgan fingerprint density at radius 1 is 1.00 bits per heavy atom. The van der Waals surface area contributed by atoms with Crippen LogP contribution in [0.15, 0.2) is 61.3 Å². The molecule has 3 heterocycles. The SMILES string of the molecule is Cc1ncc(NC(=O)Cc2ccc(-c3cnc(Cc4cnn(C)c4)nc3)cc2)cc1C(C)(F)F. The van der Waals surface area contributed by atoms with Crippen molar-refractivity contribution in [1.82, 2.24) is 24.7 Å². The number of hydrogen-bond acceptors (Lipinski definition) is 5.